The van der Waals surface area contributed by atoms with Gasteiger partial charge in [-0.2, -0.15) is 0 Å². The van der Waals surface area contributed by atoms with Gasteiger partial charge in [-0.25, -0.2) is 13.1 Å². The highest BCUT2D eigenvalue weighted by molar-refractivity contribution is 7.88. The monoisotopic (exact) mass is 346 g/mol. The fourth-order valence-electron chi connectivity index (χ4n) is 2.45. The van der Waals surface area contributed by atoms with Crippen LogP contribution >= 0.6 is 0 Å². The molecule has 2 rings (SSSR count). The molecule has 0 radical (unpaired) electrons. The molecule has 0 heterocycles. The molecule has 1 amide bonds. The quantitative estimate of drug-likeness (QED) is 0.844. The van der Waals surface area contributed by atoms with Crippen molar-refractivity contribution in [3.05, 3.63) is 64.7 Å². The summed E-state index contributed by atoms with van der Waals surface area (Å²) in [5.41, 5.74) is 4.50. The van der Waals surface area contributed by atoms with E-state index >= 15 is 0 Å². The molecule has 0 saturated heterocycles. The van der Waals surface area contributed by atoms with Crippen molar-refractivity contribution in [2.45, 2.75) is 20.3 Å². The summed E-state index contributed by atoms with van der Waals surface area (Å²) in [7, 11) is -3.17. The van der Waals surface area contributed by atoms with Gasteiger partial charge in [-0.1, -0.05) is 18.2 Å². The van der Waals surface area contributed by atoms with Gasteiger partial charge >= 0.3 is 0 Å². The molecule has 0 spiro atoms. The van der Waals surface area contributed by atoms with E-state index in [1.165, 1.54) is 0 Å². The van der Waals surface area contributed by atoms with Crippen LogP contribution in [0.15, 0.2) is 42.5 Å². The standard InChI is InChI=1S/C18H22N2O3S/c1-13-10-14(2)12-17(11-13)20-18(21)16-6-4-15(5-7-16)8-9-19-24(3,22)23/h4-7,10-12,19H,8-9H2,1-3H3,(H,20,21). The Hall–Kier alpha value is -2.18. The Morgan fingerprint density at radius 2 is 1.58 bits per heavy atom. The maximum absolute atomic E-state index is 12.3. The molecule has 0 aromatic heterocycles. The van der Waals surface area contributed by atoms with Crippen molar-refractivity contribution >= 4 is 21.6 Å². The topological polar surface area (TPSA) is 75.3 Å². The number of hydrogen-bond donors (Lipinski definition) is 2. The molecule has 6 heteroatoms. The molecule has 24 heavy (non-hydrogen) atoms. The zero-order valence-electron chi connectivity index (χ0n) is 14.1. The third-order valence-corrected chi connectivity index (χ3v) is 4.20. The lowest BCUT2D eigenvalue weighted by molar-refractivity contribution is 0.102. The molecule has 0 unspecified atom stereocenters. The summed E-state index contributed by atoms with van der Waals surface area (Å²) in [6.07, 6.45) is 1.71. The molecule has 2 N–H and O–H groups in total. The molecule has 2 aromatic carbocycles. The lowest BCUT2D eigenvalue weighted by atomic mass is 10.1. The van der Waals surface area contributed by atoms with Crippen molar-refractivity contribution in [1.82, 2.24) is 4.72 Å². The highest BCUT2D eigenvalue weighted by Gasteiger charge is 2.07. The predicted octanol–water partition coefficient (Wildman–Crippen LogP) is 2.65. The maximum atomic E-state index is 12.3. The number of carbonyl (C=O) groups excluding carboxylic acids is 1. The summed E-state index contributed by atoms with van der Waals surface area (Å²) < 4.78 is 24.5. The average Bonchev–Trinajstić information content (AvgIpc) is 2.45. The molecule has 0 aliphatic carbocycles. The molecular weight excluding hydrogens is 324 g/mol. The number of benzene rings is 2. The van der Waals surface area contributed by atoms with Gasteiger partial charge in [0.1, 0.15) is 0 Å². The summed E-state index contributed by atoms with van der Waals surface area (Å²) >= 11 is 0. The Morgan fingerprint density at radius 3 is 2.12 bits per heavy atom. The van der Waals surface area contributed by atoms with Gasteiger partial charge < -0.3 is 5.32 Å². The van der Waals surface area contributed by atoms with Crippen LogP contribution in [0.25, 0.3) is 0 Å². The van der Waals surface area contributed by atoms with Gasteiger partial charge in [-0.3, -0.25) is 4.79 Å². The van der Waals surface area contributed by atoms with E-state index < -0.39 is 10.0 Å². The number of hydrogen-bond acceptors (Lipinski definition) is 3. The molecule has 0 fully saturated rings. The second kappa shape index (κ2) is 7.59. The van der Waals surface area contributed by atoms with E-state index in [2.05, 4.69) is 16.1 Å². The number of aryl methyl sites for hydroxylation is 2. The van der Waals surface area contributed by atoms with E-state index in [0.29, 0.717) is 18.5 Å². The third kappa shape index (κ3) is 5.79. The molecule has 2 aromatic rings. The molecule has 0 bridgehead atoms. The van der Waals surface area contributed by atoms with Crippen LogP contribution in [0.1, 0.15) is 27.0 Å². The van der Waals surface area contributed by atoms with Gasteiger partial charge in [0.05, 0.1) is 6.26 Å². The van der Waals surface area contributed by atoms with Crippen LogP contribution in [0.4, 0.5) is 5.69 Å². The Balaban J connectivity index is 1.98. The number of carbonyl (C=O) groups is 1. The summed E-state index contributed by atoms with van der Waals surface area (Å²) in [6.45, 7) is 4.32. The highest BCUT2D eigenvalue weighted by atomic mass is 32.2. The normalized spacial score (nSPS) is 11.3. The van der Waals surface area contributed by atoms with Crippen LogP contribution in [-0.4, -0.2) is 27.1 Å². The number of amides is 1. The van der Waals surface area contributed by atoms with Crippen LogP contribution in [0.2, 0.25) is 0 Å². The van der Waals surface area contributed by atoms with Crippen molar-refractivity contribution in [2.75, 3.05) is 18.1 Å². The van der Waals surface area contributed by atoms with Crippen molar-refractivity contribution in [2.24, 2.45) is 0 Å². The molecular formula is C18H22N2O3S. The molecule has 0 aliphatic rings. The molecule has 0 saturated carbocycles. The van der Waals surface area contributed by atoms with E-state index in [1.54, 1.807) is 12.1 Å². The Kier molecular flexibility index (Phi) is 5.75. The first-order chi connectivity index (χ1) is 11.2. The summed E-state index contributed by atoms with van der Waals surface area (Å²) in [5.74, 6) is -0.166. The van der Waals surface area contributed by atoms with E-state index in [9.17, 15) is 13.2 Å². The molecule has 0 aliphatic heterocycles. The lowest BCUT2D eigenvalue weighted by Gasteiger charge is -2.08. The fourth-order valence-corrected chi connectivity index (χ4v) is 2.93. The lowest BCUT2D eigenvalue weighted by Crippen LogP contribution is -2.24. The van der Waals surface area contributed by atoms with Gasteiger partial charge in [0, 0.05) is 17.8 Å². The number of nitrogens with one attached hydrogen (secondary N) is 2. The Labute approximate surface area is 143 Å². The largest absolute Gasteiger partial charge is 0.322 e. The Bertz CT molecular complexity index is 808. The first-order valence-corrected chi connectivity index (χ1v) is 9.55. The van der Waals surface area contributed by atoms with Crippen molar-refractivity contribution in [1.29, 1.82) is 0 Å². The van der Waals surface area contributed by atoms with E-state index in [4.69, 9.17) is 0 Å². The maximum Gasteiger partial charge on any atom is 0.255 e. The first-order valence-electron chi connectivity index (χ1n) is 7.66. The average molecular weight is 346 g/mol. The molecule has 128 valence electrons. The van der Waals surface area contributed by atoms with Gasteiger partial charge in [0.2, 0.25) is 10.0 Å². The van der Waals surface area contributed by atoms with E-state index in [1.807, 2.05) is 38.1 Å². The number of sulfonamides is 1. The van der Waals surface area contributed by atoms with Crippen LogP contribution < -0.4 is 10.0 Å². The fraction of sp³-hybridized carbons (Fsp3) is 0.278. The minimum atomic E-state index is -3.17. The van der Waals surface area contributed by atoms with E-state index in [0.717, 1.165) is 28.6 Å². The van der Waals surface area contributed by atoms with Crippen LogP contribution in [-0.2, 0) is 16.4 Å². The summed E-state index contributed by atoms with van der Waals surface area (Å²) in [6, 6.07) is 13.1. The smallest absolute Gasteiger partial charge is 0.255 e. The van der Waals surface area contributed by atoms with Crippen molar-refractivity contribution in [3.8, 4) is 0 Å². The zero-order valence-corrected chi connectivity index (χ0v) is 14.9. The molecule has 5 nitrogen and oxygen atoms in total. The SMILES string of the molecule is Cc1cc(C)cc(NC(=O)c2ccc(CCNS(C)(=O)=O)cc2)c1. The van der Waals surface area contributed by atoms with Crippen molar-refractivity contribution in [3.63, 3.8) is 0 Å². The van der Waals surface area contributed by atoms with Crippen LogP contribution in [0.5, 0.6) is 0 Å². The van der Waals surface area contributed by atoms with Crippen LogP contribution in [0.3, 0.4) is 0 Å². The van der Waals surface area contributed by atoms with Gasteiger partial charge in [-0.05, 0) is 61.2 Å². The second-order valence-corrected chi connectivity index (χ2v) is 7.78. The van der Waals surface area contributed by atoms with Gasteiger partial charge in [0.25, 0.3) is 5.91 Å². The zero-order chi connectivity index (χ0) is 17.7. The van der Waals surface area contributed by atoms with Crippen molar-refractivity contribution < 1.29 is 13.2 Å². The van der Waals surface area contributed by atoms with Gasteiger partial charge in [-0.15, -0.1) is 0 Å². The third-order valence-electron chi connectivity index (χ3n) is 3.47. The summed E-state index contributed by atoms with van der Waals surface area (Å²) in [4.78, 5) is 12.3. The minimum Gasteiger partial charge on any atom is -0.322 e. The predicted molar refractivity (Wildman–Crippen MR) is 96.9 cm³/mol. The number of rotatable bonds is 6. The number of anilines is 1. The minimum absolute atomic E-state index is 0.166. The Morgan fingerprint density at radius 1 is 1.00 bits per heavy atom. The first kappa shape index (κ1) is 18.2. The second-order valence-electron chi connectivity index (χ2n) is 5.94. The van der Waals surface area contributed by atoms with E-state index in [-0.39, 0.29) is 5.91 Å². The van der Waals surface area contributed by atoms with Gasteiger partial charge in [0.15, 0.2) is 0 Å². The summed E-state index contributed by atoms with van der Waals surface area (Å²) in [5, 5.41) is 2.89. The molecule has 0 atom stereocenters. The highest BCUT2D eigenvalue weighted by Crippen LogP contribution is 2.15. The van der Waals surface area contributed by atoms with Crippen LogP contribution in [0, 0.1) is 13.8 Å².